The van der Waals surface area contributed by atoms with Crippen LogP contribution < -0.4 is 5.32 Å². The molecule has 1 N–H and O–H groups in total. The Morgan fingerprint density at radius 3 is 2.07 bits per heavy atom. The van der Waals surface area contributed by atoms with Crippen molar-refractivity contribution < 1.29 is 4.79 Å². The first-order valence-electron chi connectivity index (χ1n) is 10.4. The molecule has 2 fully saturated rings. The smallest absolute Gasteiger partial charge is 0.227 e. The Balaban J connectivity index is 0.00000160. The fraction of sp³-hybridized carbons (Fsp3) is 0.458. The number of hydrogen-bond acceptors (Lipinski definition) is 3. The second kappa shape index (κ2) is 10.6. The zero-order chi connectivity index (χ0) is 19.6. The van der Waals surface area contributed by atoms with Crippen LogP contribution in [0.4, 0.5) is 0 Å². The summed E-state index contributed by atoms with van der Waals surface area (Å²) in [5, 5.41) is 3.45. The molecule has 30 heavy (non-hydrogen) atoms. The SMILES string of the molecule is CN(C)C1(c2ccccc2)CCN(C(=O)[C@@H]2CNC[C@@H]2c2ccccc2)CC1.Cl.Cl. The number of nitrogens with zero attached hydrogens (tertiary/aromatic N) is 2. The Hall–Kier alpha value is -1.59. The van der Waals surface area contributed by atoms with E-state index in [1.54, 1.807) is 0 Å². The third-order valence-electron chi connectivity index (χ3n) is 6.83. The largest absolute Gasteiger partial charge is 0.342 e. The van der Waals surface area contributed by atoms with E-state index < -0.39 is 0 Å². The van der Waals surface area contributed by atoms with Gasteiger partial charge in [0.1, 0.15) is 0 Å². The number of halogens is 2. The lowest BCUT2D eigenvalue weighted by Crippen LogP contribution is -2.53. The van der Waals surface area contributed by atoms with Crippen molar-refractivity contribution in [2.45, 2.75) is 24.3 Å². The van der Waals surface area contributed by atoms with Gasteiger partial charge in [0, 0.05) is 37.6 Å². The molecule has 2 aromatic rings. The monoisotopic (exact) mass is 449 g/mol. The summed E-state index contributed by atoms with van der Waals surface area (Å²) in [7, 11) is 4.33. The highest BCUT2D eigenvalue weighted by molar-refractivity contribution is 5.85. The van der Waals surface area contributed by atoms with Crippen molar-refractivity contribution in [1.29, 1.82) is 0 Å². The van der Waals surface area contributed by atoms with Gasteiger partial charge in [0.2, 0.25) is 5.91 Å². The first-order chi connectivity index (χ1) is 13.6. The van der Waals surface area contributed by atoms with E-state index in [1.165, 1.54) is 11.1 Å². The van der Waals surface area contributed by atoms with E-state index in [0.717, 1.165) is 39.0 Å². The molecular formula is C24H33Cl2N3O. The summed E-state index contributed by atoms with van der Waals surface area (Å²) in [6.07, 6.45) is 1.96. The number of carbonyl (C=O) groups excluding carboxylic acids is 1. The zero-order valence-electron chi connectivity index (χ0n) is 17.8. The summed E-state index contributed by atoms with van der Waals surface area (Å²) in [4.78, 5) is 17.8. The number of piperidine rings is 1. The Kier molecular flexibility index (Phi) is 8.74. The van der Waals surface area contributed by atoms with Gasteiger partial charge in [-0.05, 0) is 38.1 Å². The predicted molar refractivity (Wildman–Crippen MR) is 128 cm³/mol. The lowest BCUT2D eigenvalue weighted by Gasteiger charge is -2.47. The van der Waals surface area contributed by atoms with Crippen LogP contribution >= 0.6 is 24.8 Å². The van der Waals surface area contributed by atoms with Crippen LogP contribution in [-0.2, 0) is 10.3 Å². The summed E-state index contributed by atoms with van der Waals surface area (Å²) < 4.78 is 0. The number of carbonyl (C=O) groups is 1. The summed E-state index contributed by atoms with van der Waals surface area (Å²) in [5.41, 5.74) is 2.65. The summed E-state index contributed by atoms with van der Waals surface area (Å²) in [6.45, 7) is 3.32. The minimum Gasteiger partial charge on any atom is -0.342 e. The quantitative estimate of drug-likeness (QED) is 0.767. The van der Waals surface area contributed by atoms with Crippen molar-refractivity contribution in [2.24, 2.45) is 5.92 Å². The van der Waals surface area contributed by atoms with Crippen LogP contribution in [0, 0.1) is 5.92 Å². The second-order valence-electron chi connectivity index (χ2n) is 8.40. The van der Waals surface area contributed by atoms with Gasteiger partial charge in [0.15, 0.2) is 0 Å². The van der Waals surface area contributed by atoms with Crippen LogP contribution in [0.3, 0.4) is 0 Å². The predicted octanol–water partition coefficient (Wildman–Crippen LogP) is 3.91. The van der Waals surface area contributed by atoms with Gasteiger partial charge >= 0.3 is 0 Å². The molecular weight excluding hydrogens is 417 g/mol. The third-order valence-corrected chi connectivity index (χ3v) is 6.83. The Bertz CT molecular complexity index is 793. The highest BCUT2D eigenvalue weighted by Crippen LogP contribution is 2.38. The van der Waals surface area contributed by atoms with Crippen molar-refractivity contribution in [3.05, 3.63) is 71.8 Å². The number of rotatable bonds is 4. The number of nitrogens with one attached hydrogen (secondary N) is 1. The number of benzene rings is 2. The van der Waals surface area contributed by atoms with Crippen molar-refractivity contribution in [1.82, 2.24) is 15.1 Å². The minimum atomic E-state index is 0. The zero-order valence-corrected chi connectivity index (χ0v) is 19.4. The van der Waals surface area contributed by atoms with Crippen LogP contribution in [0.25, 0.3) is 0 Å². The van der Waals surface area contributed by atoms with Gasteiger partial charge < -0.3 is 10.2 Å². The molecule has 2 saturated heterocycles. The first kappa shape index (κ1) is 24.7. The third kappa shape index (κ3) is 4.67. The van der Waals surface area contributed by atoms with E-state index in [1.807, 2.05) is 6.07 Å². The lowest BCUT2D eigenvalue weighted by atomic mass is 9.79. The van der Waals surface area contributed by atoms with Gasteiger partial charge in [-0.15, -0.1) is 24.8 Å². The lowest BCUT2D eigenvalue weighted by molar-refractivity contribution is -0.138. The van der Waals surface area contributed by atoms with Crippen molar-refractivity contribution in [3.8, 4) is 0 Å². The van der Waals surface area contributed by atoms with E-state index in [-0.39, 0.29) is 42.2 Å². The molecule has 164 valence electrons. The maximum Gasteiger partial charge on any atom is 0.227 e. The minimum absolute atomic E-state index is 0. The normalized spacial score (nSPS) is 22.8. The van der Waals surface area contributed by atoms with Gasteiger partial charge in [-0.2, -0.15) is 0 Å². The van der Waals surface area contributed by atoms with E-state index in [9.17, 15) is 4.79 Å². The second-order valence-corrected chi connectivity index (χ2v) is 8.40. The summed E-state index contributed by atoms with van der Waals surface area (Å²) >= 11 is 0. The van der Waals surface area contributed by atoms with Crippen molar-refractivity contribution in [2.75, 3.05) is 40.3 Å². The molecule has 2 aromatic carbocycles. The molecule has 6 heteroatoms. The number of likely N-dealkylation sites (tertiary alicyclic amines) is 1. The molecule has 2 heterocycles. The standard InChI is InChI=1S/C24H31N3O.2ClH/c1-26(2)24(20-11-7-4-8-12-20)13-15-27(16-14-24)23(28)22-18-25-17-21(22)19-9-5-3-6-10-19;;/h3-12,21-22,25H,13-18H2,1-2H3;2*1H/t21-,22-;;/m1../s1. The van der Waals surface area contributed by atoms with Gasteiger partial charge in [0.25, 0.3) is 0 Å². The van der Waals surface area contributed by atoms with E-state index in [2.05, 4.69) is 83.8 Å². The van der Waals surface area contributed by atoms with Gasteiger partial charge in [0.05, 0.1) is 5.92 Å². The molecule has 2 atom stereocenters. The molecule has 4 rings (SSSR count). The highest BCUT2D eigenvalue weighted by atomic mass is 35.5. The molecule has 2 aliphatic heterocycles. The van der Waals surface area contributed by atoms with Crippen LogP contribution in [0.2, 0.25) is 0 Å². The molecule has 0 bridgehead atoms. The first-order valence-corrected chi connectivity index (χ1v) is 10.4. The molecule has 0 aliphatic carbocycles. The Morgan fingerprint density at radius 2 is 1.50 bits per heavy atom. The van der Waals surface area contributed by atoms with E-state index in [0.29, 0.717) is 5.91 Å². The number of hydrogen-bond donors (Lipinski definition) is 1. The van der Waals surface area contributed by atoms with Crippen LogP contribution in [0.5, 0.6) is 0 Å². The maximum atomic E-state index is 13.4. The molecule has 1 amide bonds. The van der Waals surface area contributed by atoms with Crippen molar-refractivity contribution >= 4 is 30.7 Å². The highest BCUT2D eigenvalue weighted by Gasteiger charge is 2.42. The molecule has 2 aliphatic rings. The molecule has 0 saturated carbocycles. The molecule has 0 radical (unpaired) electrons. The van der Waals surface area contributed by atoms with Gasteiger partial charge in [-0.3, -0.25) is 9.69 Å². The van der Waals surface area contributed by atoms with Crippen molar-refractivity contribution in [3.63, 3.8) is 0 Å². The molecule has 4 nitrogen and oxygen atoms in total. The van der Waals surface area contributed by atoms with Gasteiger partial charge in [-0.25, -0.2) is 0 Å². The number of amides is 1. The molecule has 0 spiro atoms. The Labute approximate surface area is 192 Å². The van der Waals surface area contributed by atoms with E-state index >= 15 is 0 Å². The fourth-order valence-corrected chi connectivity index (χ4v) is 5.06. The summed E-state index contributed by atoms with van der Waals surface area (Å²) in [6, 6.07) is 21.2. The topological polar surface area (TPSA) is 35.6 Å². The Morgan fingerprint density at radius 1 is 0.933 bits per heavy atom. The summed E-state index contributed by atoms with van der Waals surface area (Å²) in [5.74, 6) is 0.647. The van der Waals surface area contributed by atoms with Crippen LogP contribution in [0.15, 0.2) is 60.7 Å². The average molecular weight is 450 g/mol. The fourth-order valence-electron chi connectivity index (χ4n) is 5.06. The maximum absolute atomic E-state index is 13.4. The van der Waals surface area contributed by atoms with Crippen LogP contribution in [0.1, 0.15) is 29.9 Å². The molecule has 0 aromatic heterocycles. The van der Waals surface area contributed by atoms with Gasteiger partial charge in [-0.1, -0.05) is 60.7 Å². The van der Waals surface area contributed by atoms with E-state index in [4.69, 9.17) is 0 Å². The van der Waals surface area contributed by atoms with Crippen LogP contribution in [-0.4, -0.2) is 56.0 Å². The average Bonchev–Trinajstić information content (AvgIpc) is 3.24. The molecule has 0 unspecified atom stereocenters.